The van der Waals surface area contributed by atoms with Crippen molar-refractivity contribution < 1.29 is 4.79 Å². The van der Waals surface area contributed by atoms with Gasteiger partial charge in [-0.3, -0.25) is 14.6 Å². The average Bonchev–Trinajstić information content (AvgIpc) is 2.71. The summed E-state index contributed by atoms with van der Waals surface area (Å²) in [5.41, 5.74) is 3.44. The minimum absolute atomic E-state index is 0.0198. The number of carbonyl (C=O) groups is 1. The lowest BCUT2D eigenvalue weighted by atomic mass is 10.0. The number of aromatic nitrogens is 3. The summed E-state index contributed by atoms with van der Waals surface area (Å²) in [5, 5.41) is 2.95. The summed E-state index contributed by atoms with van der Waals surface area (Å²) in [5.74, 6) is 0.185. The van der Waals surface area contributed by atoms with Gasteiger partial charge in [-0.1, -0.05) is 37.3 Å². The van der Waals surface area contributed by atoms with E-state index >= 15 is 0 Å². The first kappa shape index (κ1) is 19.5. The van der Waals surface area contributed by atoms with Crippen molar-refractivity contribution >= 4 is 5.91 Å². The summed E-state index contributed by atoms with van der Waals surface area (Å²) in [6.07, 6.45) is 2.60. The molecule has 0 aliphatic heterocycles. The van der Waals surface area contributed by atoms with Crippen molar-refractivity contribution in [2.45, 2.75) is 39.7 Å². The molecule has 2 N–H and O–H groups in total. The number of hydrogen-bond acceptors (Lipinski definition) is 4. The number of pyridine rings is 1. The zero-order valence-corrected chi connectivity index (χ0v) is 16.3. The molecule has 2 heterocycles. The number of aryl methyl sites for hydroxylation is 2. The summed E-state index contributed by atoms with van der Waals surface area (Å²) in [6.45, 7) is 5.77. The Kier molecular flexibility index (Phi) is 5.99. The molecule has 28 heavy (non-hydrogen) atoms. The molecule has 0 bridgehead atoms. The third kappa shape index (κ3) is 4.52. The van der Waals surface area contributed by atoms with Crippen molar-refractivity contribution in [3.8, 4) is 11.5 Å². The molecule has 3 rings (SSSR count). The largest absolute Gasteiger partial charge is 0.349 e. The number of aromatic amines is 1. The number of amides is 1. The van der Waals surface area contributed by atoms with E-state index in [1.54, 1.807) is 25.3 Å². The van der Waals surface area contributed by atoms with Crippen LogP contribution >= 0.6 is 0 Å². The summed E-state index contributed by atoms with van der Waals surface area (Å²) in [6, 6.07) is 13.4. The molecule has 0 unspecified atom stereocenters. The van der Waals surface area contributed by atoms with Crippen LogP contribution in [0.1, 0.15) is 42.3 Å². The first-order valence-electron chi connectivity index (χ1n) is 9.37. The predicted molar refractivity (Wildman–Crippen MR) is 109 cm³/mol. The Bertz CT molecular complexity index is 1010. The van der Waals surface area contributed by atoms with Gasteiger partial charge < -0.3 is 10.3 Å². The van der Waals surface area contributed by atoms with Crippen molar-refractivity contribution in [2.24, 2.45) is 0 Å². The maximum Gasteiger partial charge on any atom is 0.255 e. The highest BCUT2D eigenvalue weighted by Crippen LogP contribution is 2.15. The average molecular weight is 376 g/mol. The van der Waals surface area contributed by atoms with Gasteiger partial charge in [0.25, 0.3) is 5.56 Å². The van der Waals surface area contributed by atoms with Crippen LogP contribution in [0.25, 0.3) is 11.5 Å². The number of benzene rings is 1. The van der Waals surface area contributed by atoms with Crippen LogP contribution < -0.4 is 10.9 Å². The number of hydrogen-bond donors (Lipinski definition) is 2. The molecule has 1 aromatic carbocycles. The first-order valence-corrected chi connectivity index (χ1v) is 9.37. The van der Waals surface area contributed by atoms with Gasteiger partial charge in [-0.25, -0.2) is 4.98 Å². The molecule has 0 aliphatic rings. The highest BCUT2D eigenvalue weighted by Gasteiger charge is 2.16. The highest BCUT2D eigenvalue weighted by atomic mass is 16.2. The molecule has 6 heteroatoms. The minimum atomic E-state index is -0.316. The Morgan fingerprint density at radius 2 is 1.93 bits per heavy atom. The van der Waals surface area contributed by atoms with E-state index in [0.717, 1.165) is 12.0 Å². The van der Waals surface area contributed by atoms with Gasteiger partial charge in [-0.15, -0.1) is 0 Å². The van der Waals surface area contributed by atoms with Gasteiger partial charge in [0.2, 0.25) is 5.91 Å². The van der Waals surface area contributed by atoms with E-state index < -0.39 is 0 Å². The van der Waals surface area contributed by atoms with Crippen LogP contribution in [-0.2, 0) is 17.6 Å². The fourth-order valence-corrected chi connectivity index (χ4v) is 3.02. The molecular weight excluding hydrogens is 352 g/mol. The van der Waals surface area contributed by atoms with Gasteiger partial charge in [-0.2, -0.15) is 0 Å². The van der Waals surface area contributed by atoms with Crippen LogP contribution in [0.5, 0.6) is 0 Å². The number of nitrogens with zero attached hydrogens (tertiary/aromatic N) is 2. The van der Waals surface area contributed by atoms with Gasteiger partial charge in [0.15, 0.2) is 5.82 Å². The maximum absolute atomic E-state index is 12.5. The predicted octanol–water partition coefficient (Wildman–Crippen LogP) is 3.12. The Balaban J connectivity index is 1.72. The third-order valence-electron chi connectivity index (χ3n) is 4.73. The molecule has 2 aromatic heterocycles. The molecule has 0 spiro atoms. The summed E-state index contributed by atoms with van der Waals surface area (Å²) in [4.78, 5) is 36.3. The Morgan fingerprint density at radius 3 is 2.54 bits per heavy atom. The lowest BCUT2D eigenvalue weighted by Gasteiger charge is -2.15. The molecule has 0 aliphatic carbocycles. The fraction of sp³-hybridized carbons (Fsp3) is 0.273. The number of rotatable bonds is 6. The summed E-state index contributed by atoms with van der Waals surface area (Å²) in [7, 11) is 0. The molecule has 0 fully saturated rings. The van der Waals surface area contributed by atoms with Crippen molar-refractivity contribution in [1.82, 2.24) is 20.3 Å². The van der Waals surface area contributed by atoms with Crippen LogP contribution in [0.3, 0.4) is 0 Å². The molecule has 144 valence electrons. The molecular formula is C22H24N4O2. The van der Waals surface area contributed by atoms with Crippen LogP contribution in [0.15, 0.2) is 53.5 Å². The van der Waals surface area contributed by atoms with Crippen LogP contribution in [0.2, 0.25) is 0 Å². The van der Waals surface area contributed by atoms with Gasteiger partial charge in [0.05, 0.1) is 12.5 Å². The standard InChI is InChI=1S/C22H24N4O2/c1-4-16-8-10-17(11-9-16)14(2)24-20(27)13-18-15(3)25-21(26-22(18)28)19-7-5-6-12-23-19/h5-12,14H,4,13H2,1-3H3,(H,24,27)(H,25,26,28)/t14-/m0/s1. The van der Waals surface area contributed by atoms with E-state index in [2.05, 4.69) is 39.3 Å². The zero-order chi connectivity index (χ0) is 20.1. The number of nitrogens with one attached hydrogen (secondary N) is 2. The van der Waals surface area contributed by atoms with Gasteiger partial charge in [0.1, 0.15) is 5.69 Å². The van der Waals surface area contributed by atoms with Gasteiger partial charge in [-0.05, 0) is 43.5 Å². The zero-order valence-electron chi connectivity index (χ0n) is 16.3. The minimum Gasteiger partial charge on any atom is -0.349 e. The van der Waals surface area contributed by atoms with E-state index in [9.17, 15) is 9.59 Å². The molecule has 0 saturated carbocycles. The maximum atomic E-state index is 12.5. The van der Waals surface area contributed by atoms with Crippen LogP contribution in [0.4, 0.5) is 0 Å². The summed E-state index contributed by atoms with van der Waals surface area (Å²) < 4.78 is 0. The lowest BCUT2D eigenvalue weighted by Crippen LogP contribution is -2.31. The quantitative estimate of drug-likeness (QED) is 0.692. The van der Waals surface area contributed by atoms with Crippen molar-refractivity contribution in [2.75, 3.05) is 0 Å². The second-order valence-electron chi connectivity index (χ2n) is 6.75. The normalized spacial score (nSPS) is 11.8. The first-order chi connectivity index (χ1) is 13.5. The van der Waals surface area contributed by atoms with Crippen molar-refractivity contribution in [3.63, 3.8) is 0 Å². The highest BCUT2D eigenvalue weighted by molar-refractivity contribution is 5.79. The van der Waals surface area contributed by atoms with Gasteiger partial charge in [0, 0.05) is 17.5 Å². The molecule has 3 aromatic rings. The molecule has 0 radical (unpaired) electrons. The Morgan fingerprint density at radius 1 is 1.18 bits per heavy atom. The topological polar surface area (TPSA) is 87.7 Å². The van der Waals surface area contributed by atoms with Crippen LogP contribution in [-0.4, -0.2) is 20.9 Å². The molecule has 1 amide bonds. The van der Waals surface area contributed by atoms with E-state index in [-0.39, 0.29) is 23.9 Å². The smallest absolute Gasteiger partial charge is 0.255 e. The Labute approximate surface area is 164 Å². The molecule has 1 atom stereocenters. The van der Waals surface area contributed by atoms with Crippen LogP contribution in [0, 0.1) is 6.92 Å². The third-order valence-corrected chi connectivity index (χ3v) is 4.73. The SMILES string of the molecule is CCc1ccc([C@H](C)NC(=O)Cc2c(C)nc(-c3ccccn3)[nH]c2=O)cc1. The van der Waals surface area contributed by atoms with E-state index in [4.69, 9.17) is 0 Å². The monoisotopic (exact) mass is 376 g/mol. The second kappa shape index (κ2) is 8.61. The van der Waals surface area contributed by atoms with E-state index in [1.165, 1.54) is 5.56 Å². The second-order valence-corrected chi connectivity index (χ2v) is 6.75. The molecule has 6 nitrogen and oxygen atoms in total. The van der Waals surface area contributed by atoms with Crippen molar-refractivity contribution in [3.05, 3.63) is 81.4 Å². The summed E-state index contributed by atoms with van der Waals surface area (Å²) >= 11 is 0. The number of H-pyrrole nitrogens is 1. The lowest BCUT2D eigenvalue weighted by molar-refractivity contribution is -0.121. The van der Waals surface area contributed by atoms with Crippen molar-refractivity contribution in [1.29, 1.82) is 0 Å². The molecule has 0 saturated heterocycles. The van der Waals surface area contributed by atoms with E-state index in [0.29, 0.717) is 22.8 Å². The fourth-order valence-electron chi connectivity index (χ4n) is 3.02. The van der Waals surface area contributed by atoms with Gasteiger partial charge >= 0.3 is 0 Å². The number of carbonyl (C=O) groups excluding carboxylic acids is 1. The van der Waals surface area contributed by atoms with E-state index in [1.807, 2.05) is 25.1 Å². The Hall–Kier alpha value is -3.28.